The lowest BCUT2D eigenvalue weighted by molar-refractivity contribution is 0.0254. The summed E-state index contributed by atoms with van der Waals surface area (Å²) in [4.78, 5) is 5.61. The van der Waals surface area contributed by atoms with E-state index < -0.39 is 5.92 Å². The quantitative estimate of drug-likeness (QED) is 0.786. The highest BCUT2D eigenvalue weighted by molar-refractivity contribution is 6.31. The Labute approximate surface area is 101 Å². The van der Waals surface area contributed by atoms with Gasteiger partial charge in [0, 0.05) is 18.0 Å². The zero-order chi connectivity index (χ0) is 12.0. The predicted octanol–water partition coefficient (Wildman–Crippen LogP) is 3.33. The maximum Gasteiger partial charge on any atom is 0.298 e. The molecule has 2 heterocycles. The topological polar surface area (TPSA) is 29.3 Å². The minimum atomic E-state index is -2.65. The summed E-state index contributed by atoms with van der Waals surface area (Å²) in [7, 11) is 0. The normalized spacial score (nSPS) is 19.1. The molecule has 1 aliphatic rings. The molecule has 0 spiro atoms. The number of alkyl halides is 2. The van der Waals surface area contributed by atoms with Gasteiger partial charge in [0.1, 0.15) is 5.52 Å². The summed E-state index contributed by atoms with van der Waals surface area (Å²) < 4.78 is 31.6. The Morgan fingerprint density at radius 3 is 2.94 bits per heavy atom. The van der Waals surface area contributed by atoms with E-state index in [-0.39, 0.29) is 25.5 Å². The summed E-state index contributed by atoms with van der Waals surface area (Å²) in [6, 6.07) is 5.25. The molecule has 0 saturated carbocycles. The minimum Gasteiger partial charge on any atom is -0.423 e. The van der Waals surface area contributed by atoms with E-state index in [1.165, 1.54) is 4.90 Å². The van der Waals surface area contributed by atoms with Crippen molar-refractivity contribution in [3.05, 3.63) is 23.2 Å². The van der Waals surface area contributed by atoms with E-state index in [1.54, 1.807) is 18.2 Å². The third kappa shape index (κ3) is 1.95. The zero-order valence-corrected chi connectivity index (χ0v) is 9.55. The van der Waals surface area contributed by atoms with Gasteiger partial charge < -0.3 is 9.32 Å². The van der Waals surface area contributed by atoms with Gasteiger partial charge in [0.2, 0.25) is 0 Å². The van der Waals surface area contributed by atoms with Crippen LogP contribution in [0.2, 0.25) is 5.02 Å². The second-order valence-electron chi connectivity index (χ2n) is 4.14. The standard InChI is InChI=1S/C11H9ClF2N2O/c12-7-1-2-9-8(5-7)15-10(17-9)16-4-3-11(13,14)6-16/h1-2,5H,3-4,6H2. The number of rotatable bonds is 1. The lowest BCUT2D eigenvalue weighted by Crippen LogP contribution is -2.24. The smallest absolute Gasteiger partial charge is 0.298 e. The van der Waals surface area contributed by atoms with Gasteiger partial charge >= 0.3 is 0 Å². The molecule has 17 heavy (non-hydrogen) atoms. The molecule has 6 heteroatoms. The van der Waals surface area contributed by atoms with E-state index >= 15 is 0 Å². The summed E-state index contributed by atoms with van der Waals surface area (Å²) in [5, 5.41) is 0.545. The first-order valence-corrected chi connectivity index (χ1v) is 5.60. The monoisotopic (exact) mass is 258 g/mol. The van der Waals surface area contributed by atoms with Crippen LogP contribution < -0.4 is 4.90 Å². The molecule has 1 aromatic heterocycles. The molecular formula is C11H9ClF2N2O. The van der Waals surface area contributed by atoms with Crippen molar-refractivity contribution >= 4 is 28.7 Å². The number of benzene rings is 1. The third-order valence-electron chi connectivity index (χ3n) is 2.78. The van der Waals surface area contributed by atoms with Gasteiger partial charge in [0.25, 0.3) is 11.9 Å². The Morgan fingerprint density at radius 1 is 1.41 bits per heavy atom. The van der Waals surface area contributed by atoms with E-state index in [9.17, 15) is 8.78 Å². The van der Waals surface area contributed by atoms with Gasteiger partial charge in [0.05, 0.1) is 6.54 Å². The molecule has 0 aliphatic carbocycles. The van der Waals surface area contributed by atoms with Gasteiger partial charge in [-0.2, -0.15) is 4.98 Å². The van der Waals surface area contributed by atoms with Crippen molar-refractivity contribution in [2.75, 3.05) is 18.0 Å². The molecule has 0 bridgehead atoms. The first-order valence-electron chi connectivity index (χ1n) is 5.22. The molecule has 0 amide bonds. The van der Waals surface area contributed by atoms with Crippen LogP contribution in [0.5, 0.6) is 0 Å². The van der Waals surface area contributed by atoms with Crippen molar-refractivity contribution in [1.82, 2.24) is 4.98 Å². The van der Waals surface area contributed by atoms with E-state index in [1.807, 2.05) is 0 Å². The molecule has 0 radical (unpaired) electrons. The van der Waals surface area contributed by atoms with Crippen LogP contribution in [0.4, 0.5) is 14.8 Å². The zero-order valence-electron chi connectivity index (χ0n) is 8.79. The van der Waals surface area contributed by atoms with Crippen LogP contribution in [0.25, 0.3) is 11.1 Å². The second kappa shape index (κ2) is 3.57. The molecule has 2 aromatic rings. The molecule has 0 unspecified atom stereocenters. The number of halogens is 3. The van der Waals surface area contributed by atoms with Crippen LogP contribution in [0.15, 0.2) is 22.6 Å². The average Bonchev–Trinajstić information content (AvgIpc) is 2.80. The highest BCUT2D eigenvalue weighted by Crippen LogP contribution is 2.32. The number of hydrogen-bond donors (Lipinski definition) is 0. The molecule has 1 aliphatic heterocycles. The van der Waals surface area contributed by atoms with E-state index in [0.717, 1.165) is 0 Å². The van der Waals surface area contributed by atoms with Crippen molar-refractivity contribution in [3.63, 3.8) is 0 Å². The summed E-state index contributed by atoms with van der Waals surface area (Å²) in [6.45, 7) is -0.0822. The van der Waals surface area contributed by atoms with Crippen LogP contribution in [0.3, 0.4) is 0 Å². The first-order chi connectivity index (χ1) is 8.03. The number of aromatic nitrogens is 1. The first kappa shape index (κ1) is 10.8. The maximum absolute atomic E-state index is 13.1. The number of fused-ring (bicyclic) bond motifs is 1. The highest BCUT2D eigenvalue weighted by atomic mass is 35.5. The highest BCUT2D eigenvalue weighted by Gasteiger charge is 2.39. The minimum absolute atomic E-state index is 0.160. The van der Waals surface area contributed by atoms with E-state index in [2.05, 4.69) is 4.98 Å². The summed E-state index contributed by atoms with van der Waals surface area (Å²) in [6.07, 6.45) is -0.160. The van der Waals surface area contributed by atoms with Crippen LogP contribution in [0, 0.1) is 0 Å². The number of nitrogens with zero attached hydrogens (tertiary/aromatic N) is 2. The molecule has 1 saturated heterocycles. The Morgan fingerprint density at radius 2 is 2.24 bits per heavy atom. The molecule has 0 atom stereocenters. The van der Waals surface area contributed by atoms with E-state index in [4.69, 9.17) is 16.0 Å². The number of oxazole rings is 1. The fraction of sp³-hybridized carbons (Fsp3) is 0.364. The van der Waals surface area contributed by atoms with Gasteiger partial charge in [0.15, 0.2) is 5.58 Å². The maximum atomic E-state index is 13.1. The van der Waals surface area contributed by atoms with Gasteiger partial charge in [-0.3, -0.25) is 0 Å². The fourth-order valence-corrected chi connectivity index (χ4v) is 2.09. The van der Waals surface area contributed by atoms with Crippen LogP contribution >= 0.6 is 11.6 Å². The summed E-state index contributed by atoms with van der Waals surface area (Å²) in [5.74, 6) is -2.65. The predicted molar refractivity (Wildman–Crippen MR) is 60.8 cm³/mol. The molecule has 1 fully saturated rings. The van der Waals surface area contributed by atoms with E-state index in [0.29, 0.717) is 16.1 Å². The third-order valence-corrected chi connectivity index (χ3v) is 3.01. The van der Waals surface area contributed by atoms with Gasteiger partial charge in [-0.25, -0.2) is 8.78 Å². The van der Waals surface area contributed by atoms with Crippen molar-refractivity contribution < 1.29 is 13.2 Å². The molecule has 1 aromatic carbocycles. The van der Waals surface area contributed by atoms with Crippen LogP contribution in [-0.4, -0.2) is 24.0 Å². The van der Waals surface area contributed by atoms with Crippen molar-refractivity contribution in [1.29, 1.82) is 0 Å². The van der Waals surface area contributed by atoms with Crippen molar-refractivity contribution in [2.24, 2.45) is 0 Å². The Kier molecular flexibility index (Phi) is 2.26. The van der Waals surface area contributed by atoms with Gasteiger partial charge in [-0.05, 0) is 18.2 Å². The lowest BCUT2D eigenvalue weighted by atomic mass is 10.3. The SMILES string of the molecule is FC1(F)CCN(c2nc3cc(Cl)ccc3o2)C1. The molecule has 90 valence electrons. The molecule has 3 nitrogen and oxygen atoms in total. The van der Waals surface area contributed by atoms with Crippen LogP contribution in [0.1, 0.15) is 6.42 Å². The Balaban J connectivity index is 1.96. The van der Waals surface area contributed by atoms with Crippen molar-refractivity contribution in [3.8, 4) is 0 Å². The fourth-order valence-electron chi connectivity index (χ4n) is 1.92. The second-order valence-corrected chi connectivity index (χ2v) is 4.57. The largest absolute Gasteiger partial charge is 0.423 e. The van der Waals surface area contributed by atoms with Gasteiger partial charge in [-0.1, -0.05) is 11.6 Å². The van der Waals surface area contributed by atoms with Gasteiger partial charge in [-0.15, -0.1) is 0 Å². The molecule has 0 N–H and O–H groups in total. The average molecular weight is 259 g/mol. The van der Waals surface area contributed by atoms with Crippen LogP contribution in [-0.2, 0) is 0 Å². The Bertz CT molecular complexity index is 570. The molecule has 3 rings (SSSR count). The Hall–Kier alpha value is -1.36. The number of anilines is 1. The van der Waals surface area contributed by atoms with Crippen molar-refractivity contribution in [2.45, 2.75) is 12.3 Å². The lowest BCUT2D eigenvalue weighted by Gasteiger charge is -2.12. The number of hydrogen-bond acceptors (Lipinski definition) is 3. The molecular weight excluding hydrogens is 250 g/mol. The summed E-state index contributed by atoms with van der Waals surface area (Å²) >= 11 is 5.82. The summed E-state index contributed by atoms with van der Waals surface area (Å²) in [5.41, 5.74) is 1.14.